The SMILES string of the molecule is CC/C=C\C/C=C\CCC/C=C/CCC(=O)C(F)(F)F. The quantitative estimate of drug-likeness (QED) is 0.381. The highest BCUT2D eigenvalue weighted by Gasteiger charge is 2.36. The Balaban J connectivity index is 3.49. The van der Waals surface area contributed by atoms with Gasteiger partial charge in [-0.1, -0.05) is 43.4 Å². The van der Waals surface area contributed by atoms with Gasteiger partial charge in [-0.3, -0.25) is 4.79 Å². The first kappa shape index (κ1) is 18.7. The summed E-state index contributed by atoms with van der Waals surface area (Å²) in [4.78, 5) is 10.6. The third kappa shape index (κ3) is 11.8. The van der Waals surface area contributed by atoms with Crippen LogP contribution in [0.3, 0.4) is 0 Å². The summed E-state index contributed by atoms with van der Waals surface area (Å²) in [5.41, 5.74) is 0. The van der Waals surface area contributed by atoms with Crippen molar-refractivity contribution < 1.29 is 18.0 Å². The molecule has 4 heteroatoms. The van der Waals surface area contributed by atoms with Gasteiger partial charge < -0.3 is 0 Å². The molecule has 0 aromatic carbocycles. The molecule has 0 aliphatic carbocycles. The number of ketones is 1. The number of allylic oxidation sites excluding steroid dienone is 6. The minimum absolute atomic E-state index is 0.163. The Hall–Kier alpha value is -1.32. The zero-order chi connectivity index (χ0) is 15.3. The molecule has 0 saturated heterocycles. The van der Waals surface area contributed by atoms with Gasteiger partial charge in [-0.25, -0.2) is 0 Å². The van der Waals surface area contributed by atoms with E-state index in [0.29, 0.717) is 0 Å². The van der Waals surface area contributed by atoms with Crippen molar-refractivity contribution in [3.63, 3.8) is 0 Å². The monoisotopic (exact) mass is 288 g/mol. The molecule has 0 amide bonds. The van der Waals surface area contributed by atoms with E-state index in [0.717, 1.165) is 32.1 Å². The Morgan fingerprint density at radius 3 is 2.05 bits per heavy atom. The first-order chi connectivity index (χ1) is 9.48. The van der Waals surface area contributed by atoms with Crippen molar-refractivity contribution in [3.05, 3.63) is 36.5 Å². The molecule has 0 atom stereocenters. The predicted octanol–water partition coefficient (Wildman–Crippen LogP) is 5.54. The standard InChI is InChI=1S/C16H23F3O/c1-2-3-4-5-6-7-8-9-10-11-12-13-14-15(20)16(17,18)19/h3-4,6-7,11-12H,2,5,8-10,13-14H2,1H3/b4-3-,7-6-,12-11+. The van der Waals surface area contributed by atoms with Gasteiger partial charge in [-0.15, -0.1) is 0 Å². The van der Waals surface area contributed by atoms with Crippen LogP contribution in [-0.4, -0.2) is 12.0 Å². The highest BCUT2D eigenvalue weighted by atomic mass is 19.4. The first-order valence-electron chi connectivity index (χ1n) is 7.03. The van der Waals surface area contributed by atoms with Gasteiger partial charge in [0.2, 0.25) is 5.78 Å². The smallest absolute Gasteiger partial charge is 0.290 e. The summed E-state index contributed by atoms with van der Waals surface area (Å²) >= 11 is 0. The third-order valence-corrected chi connectivity index (χ3v) is 2.60. The van der Waals surface area contributed by atoms with Crippen LogP contribution in [0.15, 0.2) is 36.5 Å². The van der Waals surface area contributed by atoms with Crippen LogP contribution in [0.25, 0.3) is 0 Å². The number of unbranched alkanes of at least 4 members (excludes halogenated alkanes) is 2. The Labute approximate surface area is 119 Å². The fraction of sp³-hybridized carbons (Fsp3) is 0.562. The topological polar surface area (TPSA) is 17.1 Å². The lowest BCUT2D eigenvalue weighted by atomic mass is 10.1. The molecule has 0 rings (SSSR count). The van der Waals surface area contributed by atoms with Crippen molar-refractivity contribution in [2.24, 2.45) is 0 Å². The second-order valence-electron chi connectivity index (χ2n) is 4.45. The van der Waals surface area contributed by atoms with E-state index in [9.17, 15) is 18.0 Å². The highest BCUT2D eigenvalue weighted by molar-refractivity contribution is 5.84. The van der Waals surface area contributed by atoms with E-state index in [1.54, 1.807) is 6.08 Å². The average molecular weight is 288 g/mol. The van der Waals surface area contributed by atoms with Gasteiger partial charge in [0.15, 0.2) is 0 Å². The van der Waals surface area contributed by atoms with Crippen LogP contribution in [0.1, 0.15) is 51.9 Å². The molecule has 114 valence electrons. The summed E-state index contributed by atoms with van der Waals surface area (Å²) in [6, 6.07) is 0. The van der Waals surface area contributed by atoms with Crippen LogP contribution in [-0.2, 0) is 4.79 Å². The van der Waals surface area contributed by atoms with Crippen molar-refractivity contribution in [2.75, 3.05) is 0 Å². The lowest BCUT2D eigenvalue weighted by Crippen LogP contribution is -2.21. The summed E-state index contributed by atoms with van der Waals surface area (Å²) in [6.45, 7) is 2.09. The van der Waals surface area contributed by atoms with Gasteiger partial charge in [-0.2, -0.15) is 13.2 Å². The van der Waals surface area contributed by atoms with E-state index in [1.807, 2.05) is 6.08 Å². The number of Topliss-reactive ketones (excluding diaryl/α,β-unsaturated/α-hetero) is 1. The molecule has 0 radical (unpaired) electrons. The van der Waals surface area contributed by atoms with Gasteiger partial charge in [0.1, 0.15) is 0 Å². The van der Waals surface area contributed by atoms with Crippen LogP contribution in [0.5, 0.6) is 0 Å². The highest BCUT2D eigenvalue weighted by Crippen LogP contribution is 2.18. The zero-order valence-corrected chi connectivity index (χ0v) is 12.0. The van der Waals surface area contributed by atoms with E-state index in [-0.39, 0.29) is 6.42 Å². The maximum atomic E-state index is 11.9. The maximum Gasteiger partial charge on any atom is 0.449 e. The predicted molar refractivity (Wildman–Crippen MR) is 76.5 cm³/mol. The molecule has 1 nitrogen and oxygen atoms in total. The van der Waals surface area contributed by atoms with Gasteiger partial charge in [0.05, 0.1) is 0 Å². The molecule has 20 heavy (non-hydrogen) atoms. The van der Waals surface area contributed by atoms with Crippen molar-refractivity contribution in [3.8, 4) is 0 Å². The molecule has 0 aliphatic rings. The third-order valence-electron chi connectivity index (χ3n) is 2.60. The molecule has 0 unspecified atom stereocenters. The van der Waals surface area contributed by atoms with Gasteiger partial charge >= 0.3 is 6.18 Å². The Kier molecular flexibility index (Phi) is 10.7. The largest absolute Gasteiger partial charge is 0.449 e. The summed E-state index contributed by atoms with van der Waals surface area (Å²) in [6.07, 6.45) is 11.7. The Morgan fingerprint density at radius 2 is 1.45 bits per heavy atom. The van der Waals surface area contributed by atoms with E-state index in [1.165, 1.54) is 0 Å². The number of carbonyl (C=O) groups excluding carboxylic acids is 1. The second-order valence-corrected chi connectivity index (χ2v) is 4.45. The van der Waals surface area contributed by atoms with E-state index < -0.39 is 18.4 Å². The van der Waals surface area contributed by atoms with Crippen LogP contribution in [0.2, 0.25) is 0 Å². The number of halogens is 3. The van der Waals surface area contributed by atoms with Crippen LogP contribution in [0, 0.1) is 0 Å². The van der Waals surface area contributed by atoms with E-state index in [2.05, 4.69) is 31.2 Å². The van der Waals surface area contributed by atoms with Crippen molar-refractivity contribution in [1.29, 1.82) is 0 Å². The fourth-order valence-corrected chi connectivity index (χ4v) is 1.50. The Bertz CT molecular complexity index is 338. The normalized spacial score (nSPS) is 13.0. The zero-order valence-electron chi connectivity index (χ0n) is 12.0. The fourth-order valence-electron chi connectivity index (χ4n) is 1.50. The number of hydrogen-bond acceptors (Lipinski definition) is 1. The van der Waals surface area contributed by atoms with Crippen molar-refractivity contribution in [1.82, 2.24) is 0 Å². The summed E-state index contributed by atoms with van der Waals surface area (Å²) in [7, 11) is 0. The number of carbonyl (C=O) groups is 1. The van der Waals surface area contributed by atoms with Crippen LogP contribution >= 0.6 is 0 Å². The molecule has 0 fully saturated rings. The summed E-state index contributed by atoms with van der Waals surface area (Å²) < 4.78 is 35.7. The summed E-state index contributed by atoms with van der Waals surface area (Å²) in [5.74, 6) is -1.65. The average Bonchev–Trinajstić information content (AvgIpc) is 2.38. The maximum absolute atomic E-state index is 11.9. The summed E-state index contributed by atoms with van der Waals surface area (Å²) in [5, 5.41) is 0. The molecule has 0 saturated carbocycles. The molecule has 0 aliphatic heterocycles. The molecule has 0 aromatic rings. The van der Waals surface area contributed by atoms with Gasteiger partial charge in [0, 0.05) is 6.42 Å². The minimum Gasteiger partial charge on any atom is -0.290 e. The molecule has 0 aromatic heterocycles. The molecular formula is C16H23F3O. The van der Waals surface area contributed by atoms with Gasteiger partial charge in [-0.05, 0) is 38.5 Å². The van der Waals surface area contributed by atoms with Gasteiger partial charge in [0.25, 0.3) is 0 Å². The number of hydrogen-bond donors (Lipinski definition) is 0. The lowest BCUT2D eigenvalue weighted by Gasteiger charge is -2.02. The molecule has 0 spiro atoms. The lowest BCUT2D eigenvalue weighted by molar-refractivity contribution is -0.170. The molecule has 0 heterocycles. The van der Waals surface area contributed by atoms with E-state index in [4.69, 9.17) is 0 Å². The van der Waals surface area contributed by atoms with Crippen LogP contribution < -0.4 is 0 Å². The first-order valence-corrected chi connectivity index (χ1v) is 7.03. The number of alkyl halides is 3. The molecule has 0 N–H and O–H groups in total. The minimum atomic E-state index is -4.69. The molecular weight excluding hydrogens is 265 g/mol. The second kappa shape index (κ2) is 11.5. The Morgan fingerprint density at radius 1 is 0.900 bits per heavy atom. The number of rotatable bonds is 10. The van der Waals surface area contributed by atoms with Crippen molar-refractivity contribution in [2.45, 2.75) is 58.0 Å². The van der Waals surface area contributed by atoms with Crippen molar-refractivity contribution >= 4 is 5.78 Å². The van der Waals surface area contributed by atoms with E-state index >= 15 is 0 Å². The molecule has 0 bridgehead atoms. The van der Waals surface area contributed by atoms with Crippen LogP contribution in [0.4, 0.5) is 13.2 Å².